The molecule has 0 aromatic heterocycles. The van der Waals surface area contributed by atoms with E-state index in [0.717, 1.165) is 36.8 Å². The van der Waals surface area contributed by atoms with Crippen molar-refractivity contribution in [2.45, 2.75) is 50.8 Å². The Bertz CT molecular complexity index is 773. The molecule has 1 aliphatic rings. The van der Waals surface area contributed by atoms with Crippen LogP contribution in [0.5, 0.6) is 5.75 Å². The molecule has 0 saturated heterocycles. The van der Waals surface area contributed by atoms with Gasteiger partial charge in [-0.2, -0.15) is 0 Å². The highest BCUT2D eigenvalue weighted by Gasteiger charge is 2.32. The van der Waals surface area contributed by atoms with E-state index < -0.39 is 17.9 Å². The predicted molar refractivity (Wildman–Crippen MR) is 94.7 cm³/mol. The van der Waals surface area contributed by atoms with Crippen LogP contribution in [0.25, 0.3) is 10.8 Å². The van der Waals surface area contributed by atoms with Gasteiger partial charge in [0.1, 0.15) is 0 Å². The Morgan fingerprint density at radius 2 is 1.81 bits per heavy atom. The minimum absolute atomic E-state index is 0.148. The third-order valence-corrected chi connectivity index (χ3v) is 5.27. The maximum atomic E-state index is 14.3. The highest BCUT2D eigenvalue weighted by atomic mass is 19.4. The lowest BCUT2D eigenvalue weighted by atomic mass is 9.77. The smallest absolute Gasteiger partial charge is 0.403 e. The molecule has 0 spiro atoms. The molecule has 0 N–H and O–H groups in total. The van der Waals surface area contributed by atoms with Crippen LogP contribution < -0.4 is 4.74 Å². The van der Waals surface area contributed by atoms with E-state index in [1.54, 1.807) is 6.07 Å². The molecule has 1 nitrogen and oxygen atoms in total. The molecule has 5 heteroatoms. The summed E-state index contributed by atoms with van der Waals surface area (Å²) in [5, 5.41) is 0.749. The maximum Gasteiger partial charge on any atom is 0.573 e. The van der Waals surface area contributed by atoms with Crippen molar-refractivity contribution in [3.8, 4) is 5.75 Å². The van der Waals surface area contributed by atoms with E-state index in [1.165, 1.54) is 25.3 Å². The van der Waals surface area contributed by atoms with E-state index in [1.807, 2.05) is 18.2 Å². The van der Waals surface area contributed by atoms with Crippen molar-refractivity contribution in [2.75, 3.05) is 0 Å². The van der Waals surface area contributed by atoms with Crippen molar-refractivity contribution < 1.29 is 22.3 Å². The van der Waals surface area contributed by atoms with Crippen molar-refractivity contribution in [2.24, 2.45) is 5.92 Å². The molecule has 1 fully saturated rings. The van der Waals surface area contributed by atoms with Crippen LogP contribution in [0, 0.1) is 11.7 Å². The molecule has 2 aromatic rings. The van der Waals surface area contributed by atoms with Gasteiger partial charge >= 0.3 is 6.36 Å². The Morgan fingerprint density at radius 3 is 2.46 bits per heavy atom. The first-order valence-corrected chi connectivity index (χ1v) is 8.96. The standard InChI is InChI=1S/C21H22F4O/c1-2-3-4-14-5-7-15(8-6-14)16-9-11-18-17(13-16)10-12-19(20(18)22)26-21(23,24)25/h2,9-15H,1,3-8H2/t14-,15-. The number of rotatable bonds is 5. The van der Waals surface area contributed by atoms with Crippen LogP contribution >= 0.6 is 0 Å². The molecule has 1 saturated carbocycles. The van der Waals surface area contributed by atoms with Gasteiger partial charge in [0.25, 0.3) is 0 Å². The molecule has 0 unspecified atom stereocenters. The van der Waals surface area contributed by atoms with E-state index in [2.05, 4.69) is 11.3 Å². The summed E-state index contributed by atoms with van der Waals surface area (Å²) in [4.78, 5) is 0. The molecule has 0 aliphatic heterocycles. The predicted octanol–water partition coefficient (Wildman–Crippen LogP) is 7.12. The van der Waals surface area contributed by atoms with Crippen LogP contribution in [-0.4, -0.2) is 6.36 Å². The van der Waals surface area contributed by atoms with Gasteiger partial charge in [-0.1, -0.05) is 30.3 Å². The normalized spacial score (nSPS) is 20.9. The van der Waals surface area contributed by atoms with E-state index in [-0.39, 0.29) is 5.39 Å². The molecular formula is C21H22F4O. The fraction of sp³-hybridized carbons (Fsp3) is 0.429. The van der Waals surface area contributed by atoms with Gasteiger partial charge in [0, 0.05) is 5.39 Å². The summed E-state index contributed by atoms with van der Waals surface area (Å²) in [5.74, 6) is -0.599. The Kier molecular flexibility index (Phi) is 5.54. The number of benzene rings is 2. The molecule has 26 heavy (non-hydrogen) atoms. The Balaban J connectivity index is 1.76. The fourth-order valence-corrected chi connectivity index (χ4v) is 3.89. The molecule has 0 atom stereocenters. The number of halogens is 4. The van der Waals surface area contributed by atoms with E-state index in [0.29, 0.717) is 11.3 Å². The summed E-state index contributed by atoms with van der Waals surface area (Å²) in [6.07, 6.45) is 3.80. The average molecular weight is 366 g/mol. The Morgan fingerprint density at radius 1 is 1.08 bits per heavy atom. The summed E-state index contributed by atoms with van der Waals surface area (Å²) in [7, 11) is 0. The third-order valence-electron chi connectivity index (χ3n) is 5.27. The lowest BCUT2D eigenvalue weighted by Gasteiger charge is -2.28. The van der Waals surface area contributed by atoms with Crippen LogP contribution in [0.3, 0.4) is 0 Å². The van der Waals surface area contributed by atoms with Gasteiger partial charge in [0.05, 0.1) is 0 Å². The number of ether oxygens (including phenoxy) is 1. The lowest BCUT2D eigenvalue weighted by molar-refractivity contribution is -0.275. The average Bonchev–Trinajstić information content (AvgIpc) is 2.61. The second-order valence-electron chi connectivity index (χ2n) is 6.99. The van der Waals surface area contributed by atoms with Crippen molar-refractivity contribution in [1.29, 1.82) is 0 Å². The van der Waals surface area contributed by atoms with E-state index >= 15 is 0 Å². The van der Waals surface area contributed by atoms with E-state index in [4.69, 9.17) is 0 Å². The molecule has 2 aromatic carbocycles. The number of hydrogen-bond donors (Lipinski definition) is 0. The monoisotopic (exact) mass is 366 g/mol. The van der Waals surface area contributed by atoms with Crippen LogP contribution in [0.15, 0.2) is 43.0 Å². The lowest BCUT2D eigenvalue weighted by Crippen LogP contribution is -2.18. The number of alkyl halides is 3. The largest absolute Gasteiger partial charge is 0.573 e. The van der Waals surface area contributed by atoms with Crippen molar-refractivity contribution in [3.63, 3.8) is 0 Å². The molecule has 1 aliphatic carbocycles. The van der Waals surface area contributed by atoms with Gasteiger partial charge in [-0.3, -0.25) is 0 Å². The third kappa shape index (κ3) is 4.37. The topological polar surface area (TPSA) is 9.23 Å². The molecule has 140 valence electrons. The second kappa shape index (κ2) is 7.68. The summed E-state index contributed by atoms with van der Waals surface area (Å²) < 4.78 is 55.1. The zero-order valence-corrected chi connectivity index (χ0v) is 14.5. The Hall–Kier alpha value is -2.04. The van der Waals surface area contributed by atoms with Crippen LogP contribution in [0.4, 0.5) is 17.6 Å². The fourth-order valence-electron chi connectivity index (χ4n) is 3.89. The first-order valence-electron chi connectivity index (χ1n) is 8.96. The van der Waals surface area contributed by atoms with Gasteiger partial charge < -0.3 is 4.74 Å². The highest BCUT2D eigenvalue weighted by Crippen LogP contribution is 2.39. The van der Waals surface area contributed by atoms with Crippen LogP contribution in [0.2, 0.25) is 0 Å². The molecule has 0 amide bonds. The molecular weight excluding hydrogens is 344 g/mol. The van der Waals surface area contributed by atoms with Crippen molar-refractivity contribution in [1.82, 2.24) is 0 Å². The minimum atomic E-state index is -4.90. The van der Waals surface area contributed by atoms with Gasteiger partial charge in [0.2, 0.25) is 0 Å². The maximum absolute atomic E-state index is 14.3. The molecule has 0 bridgehead atoms. The van der Waals surface area contributed by atoms with Crippen molar-refractivity contribution >= 4 is 10.8 Å². The summed E-state index contributed by atoms with van der Waals surface area (Å²) in [6.45, 7) is 3.77. The highest BCUT2D eigenvalue weighted by molar-refractivity contribution is 5.85. The number of hydrogen-bond acceptors (Lipinski definition) is 1. The summed E-state index contributed by atoms with van der Waals surface area (Å²) in [6, 6.07) is 7.81. The zero-order chi connectivity index (χ0) is 18.7. The summed E-state index contributed by atoms with van der Waals surface area (Å²) >= 11 is 0. The quantitative estimate of drug-likeness (QED) is 0.404. The van der Waals surface area contributed by atoms with Gasteiger partial charge in [-0.05, 0) is 67.4 Å². The molecule has 3 rings (SSSR count). The first kappa shape index (κ1) is 18.7. The SMILES string of the molecule is C=CCC[C@H]1CC[C@H](c2ccc3c(F)c(OC(F)(F)F)ccc3c2)CC1. The molecule has 0 radical (unpaired) electrons. The number of fused-ring (bicyclic) bond motifs is 1. The Labute approximate surface area is 150 Å². The molecule has 0 heterocycles. The zero-order valence-electron chi connectivity index (χ0n) is 14.5. The first-order chi connectivity index (χ1) is 12.4. The van der Waals surface area contributed by atoms with Gasteiger partial charge in [-0.25, -0.2) is 4.39 Å². The van der Waals surface area contributed by atoms with E-state index in [9.17, 15) is 17.6 Å². The van der Waals surface area contributed by atoms with Crippen molar-refractivity contribution in [3.05, 3.63) is 54.4 Å². The van der Waals surface area contributed by atoms with Crippen LogP contribution in [0.1, 0.15) is 50.0 Å². The van der Waals surface area contributed by atoms with Gasteiger partial charge in [-0.15, -0.1) is 19.8 Å². The van der Waals surface area contributed by atoms with Gasteiger partial charge in [0.15, 0.2) is 11.6 Å². The number of allylic oxidation sites excluding steroid dienone is 1. The van der Waals surface area contributed by atoms with Crippen LogP contribution in [-0.2, 0) is 0 Å². The minimum Gasteiger partial charge on any atom is -0.403 e. The second-order valence-corrected chi connectivity index (χ2v) is 6.99. The summed E-state index contributed by atoms with van der Waals surface area (Å²) in [5.41, 5.74) is 1.13.